The van der Waals surface area contributed by atoms with E-state index in [0.29, 0.717) is 34.1 Å². The third-order valence-electron chi connectivity index (χ3n) is 4.07. The van der Waals surface area contributed by atoms with Crippen molar-refractivity contribution in [1.29, 1.82) is 0 Å². The molecule has 1 atom stereocenters. The van der Waals surface area contributed by atoms with Gasteiger partial charge in [-0.2, -0.15) is 0 Å². The summed E-state index contributed by atoms with van der Waals surface area (Å²) in [4.78, 5) is 24.2. The van der Waals surface area contributed by atoms with Crippen LogP contribution in [-0.4, -0.2) is 44.6 Å². The topological polar surface area (TPSA) is 103 Å². The second-order valence-corrected chi connectivity index (χ2v) is 5.40. The molecule has 0 fully saturated rings. The van der Waals surface area contributed by atoms with E-state index >= 15 is 0 Å². The first-order valence-electron chi connectivity index (χ1n) is 7.60. The van der Waals surface area contributed by atoms with Crippen molar-refractivity contribution in [1.82, 2.24) is 10.2 Å². The van der Waals surface area contributed by atoms with Crippen LogP contribution in [0.3, 0.4) is 0 Å². The van der Waals surface area contributed by atoms with Gasteiger partial charge in [0.15, 0.2) is 11.5 Å². The molecule has 8 heteroatoms. The van der Waals surface area contributed by atoms with Gasteiger partial charge < -0.3 is 24.0 Å². The van der Waals surface area contributed by atoms with Gasteiger partial charge in [0.2, 0.25) is 0 Å². The Kier molecular flexibility index (Phi) is 5.74. The molecule has 8 nitrogen and oxygen atoms in total. The van der Waals surface area contributed by atoms with Crippen molar-refractivity contribution in [3.8, 4) is 17.2 Å². The minimum atomic E-state index is -0.572. The SMILES string of the molecule is COC(=O)C[C@H](c1cc(OC)c(OC)cc1OC)c1c(C)[nH][nH]c1=O. The number of methoxy groups -OCH3 is 4. The fourth-order valence-electron chi connectivity index (χ4n) is 2.82. The van der Waals surface area contributed by atoms with E-state index in [9.17, 15) is 9.59 Å². The highest BCUT2D eigenvalue weighted by atomic mass is 16.5. The van der Waals surface area contributed by atoms with Gasteiger partial charge >= 0.3 is 5.97 Å². The largest absolute Gasteiger partial charge is 0.496 e. The lowest BCUT2D eigenvalue weighted by atomic mass is 9.87. The average Bonchev–Trinajstić information content (AvgIpc) is 2.96. The number of hydrogen-bond donors (Lipinski definition) is 2. The van der Waals surface area contributed by atoms with Gasteiger partial charge in [-0.1, -0.05) is 0 Å². The van der Waals surface area contributed by atoms with Crippen LogP contribution in [-0.2, 0) is 9.53 Å². The van der Waals surface area contributed by atoms with Crippen molar-refractivity contribution in [2.45, 2.75) is 19.3 Å². The number of carbonyl (C=O) groups excluding carboxylic acids is 1. The maximum Gasteiger partial charge on any atom is 0.306 e. The Morgan fingerprint density at radius 1 is 1.00 bits per heavy atom. The number of benzene rings is 1. The number of aryl methyl sites for hydroxylation is 1. The van der Waals surface area contributed by atoms with Gasteiger partial charge in [-0.25, -0.2) is 0 Å². The summed E-state index contributed by atoms with van der Waals surface area (Å²) in [6.45, 7) is 1.75. The fraction of sp³-hybridized carbons (Fsp3) is 0.412. The first-order chi connectivity index (χ1) is 12.0. The molecule has 0 amide bonds. The van der Waals surface area contributed by atoms with Gasteiger partial charge in [0.1, 0.15) is 5.75 Å². The van der Waals surface area contributed by atoms with E-state index in [4.69, 9.17) is 18.9 Å². The van der Waals surface area contributed by atoms with Crippen LogP contribution in [0.4, 0.5) is 0 Å². The monoisotopic (exact) mass is 350 g/mol. The molecule has 25 heavy (non-hydrogen) atoms. The average molecular weight is 350 g/mol. The summed E-state index contributed by atoms with van der Waals surface area (Å²) in [6, 6.07) is 3.37. The smallest absolute Gasteiger partial charge is 0.306 e. The normalized spacial score (nSPS) is 11.7. The molecule has 1 aromatic heterocycles. The highest BCUT2D eigenvalue weighted by molar-refractivity contribution is 5.72. The van der Waals surface area contributed by atoms with Gasteiger partial charge in [0, 0.05) is 28.8 Å². The van der Waals surface area contributed by atoms with Crippen molar-refractivity contribution < 1.29 is 23.7 Å². The number of H-pyrrole nitrogens is 2. The maximum atomic E-state index is 12.3. The molecule has 1 heterocycles. The summed E-state index contributed by atoms with van der Waals surface area (Å²) in [5.74, 6) is 0.419. The molecule has 2 N–H and O–H groups in total. The van der Waals surface area contributed by atoms with Crippen molar-refractivity contribution in [2.24, 2.45) is 0 Å². The molecule has 2 rings (SSSR count). The van der Waals surface area contributed by atoms with Crippen LogP contribution >= 0.6 is 0 Å². The molecule has 2 aromatic rings. The number of aromatic nitrogens is 2. The zero-order chi connectivity index (χ0) is 18.6. The molecule has 0 radical (unpaired) electrons. The minimum Gasteiger partial charge on any atom is -0.496 e. The van der Waals surface area contributed by atoms with Crippen LogP contribution in [0, 0.1) is 6.92 Å². The van der Waals surface area contributed by atoms with Crippen LogP contribution in [0.1, 0.15) is 29.2 Å². The van der Waals surface area contributed by atoms with Gasteiger partial charge in [0.25, 0.3) is 5.56 Å². The quantitative estimate of drug-likeness (QED) is 0.737. The summed E-state index contributed by atoms with van der Waals surface area (Å²) in [5, 5.41) is 5.32. The van der Waals surface area contributed by atoms with Crippen molar-refractivity contribution in [3.05, 3.63) is 39.3 Å². The molecule has 1 aromatic carbocycles. The summed E-state index contributed by atoms with van der Waals surface area (Å²) in [7, 11) is 5.84. The Bertz CT molecular complexity index is 808. The molecule has 0 spiro atoms. The minimum absolute atomic E-state index is 0.0237. The Balaban J connectivity index is 2.69. The van der Waals surface area contributed by atoms with Crippen LogP contribution < -0.4 is 19.8 Å². The number of esters is 1. The predicted octanol–water partition coefficient (Wildman–Crippen LogP) is 1.73. The molecule has 0 saturated heterocycles. The number of nitrogens with one attached hydrogen (secondary N) is 2. The molecular weight excluding hydrogens is 328 g/mol. The van der Waals surface area contributed by atoms with Crippen LogP contribution in [0.15, 0.2) is 16.9 Å². The number of ether oxygens (including phenoxy) is 4. The van der Waals surface area contributed by atoms with Crippen molar-refractivity contribution in [3.63, 3.8) is 0 Å². The van der Waals surface area contributed by atoms with Crippen LogP contribution in [0.2, 0.25) is 0 Å². The molecule has 0 saturated carbocycles. The molecule has 0 aliphatic carbocycles. The predicted molar refractivity (Wildman–Crippen MR) is 90.7 cm³/mol. The van der Waals surface area contributed by atoms with E-state index in [1.54, 1.807) is 19.1 Å². The lowest BCUT2D eigenvalue weighted by Crippen LogP contribution is -2.18. The second-order valence-electron chi connectivity index (χ2n) is 5.40. The number of carbonyl (C=O) groups is 1. The second kappa shape index (κ2) is 7.78. The molecule has 0 unspecified atom stereocenters. The van der Waals surface area contributed by atoms with E-state index in [1.165, 1.54) is 28.4 Å². The number of aromatic amines is 2. The van der Waals surface area contributed by atoms with Gasteiger partial charge in [-0.15, -0.1) is 0 Å². The maximum absolute atomic E-state index is 12.3. The standard InChI is InChI=1S/C17H22N2O6/c1-9-16(17(21)19-18-9)11(7-15(20)25-5)10-6-13(23-3)14(24-4)8-12(10)22-2/h6,8,11H,7H2,1-5H3,(H2,18,19,21)/t11-/m1/s1. The highest BCUT2D eigenvalue weighted by Gasteiger charge is 2.28. The van der Waals surface area contributed by atoms with Gasteiger partial charge in [-0.05, 0) is 13.0 Å². The van der Waals surface area contributed by atoms with Gasteiger partial charge in [0.05, 0.1) is 34.9 Å². The van der Waals surface area contributed by atoms with E-state index in [-0.39, 0.29) is 12.0 Å². The van der Waals surface area contributed by atoms with Crippen LogP contribution in [0.5, 0.6) is 17.2 Å². The molecule has 136 valence electrons. The lowest BCUT2D eigenvalue weighted by Gasteiger charge is -2.20. The number of hydrogen-bond acceptors (Lipinski definition) is 6. The summed E-state index contributed by atoms with van der Waals surface area (Å²) >= 11 is 0. The van der Waals surface area contributed by atoms with E-state index in [0.717, 1.165) is 0 Å². The Morgan fingerprint density at radius 3 is 2.08 bits per heavy atom. The molecular formula is C17H22N2O6. The van der Waals surface area contributed by atoms with E-state index in [2.05, 4.69) is 10.2 Å². The van der Waals surface area contributed by atoms with E-state index in [1.807, 2.05) is 0 Å². The van der Waals surface area contributed by atoms with Gasteiger partial charge in [-0.3, -0.25) is 14.7 Å². The third-order valence-corrected chi connectivity index (χ3v) is 4.07. The Hall–Kier alpha value is -2.90. The van der Waals surface area contributed by atoms with Crippen molar-refractivity contribution >= 4 is 5.97 Å². The zero-order valence-electron chi connectivity index (χ0n) is 14.9. The highest BCUT2D eigenvalue weighted by Crippen LogP contribution is 2.41. The summed E-state index contributed by atoms with van der Waals surface area (Å²) in [5.41, 5.74) is 1.40. The number of rotatable bonds is 7. The molecule has 0 aliphatic heterocycles. The lowest BCUT2D eigenvalue weighted by molar-refractivity contribution is -0.140. The van der Waals surface area contributed by atoms with Crippen molar-refractivity contribution in [2.75, 3.05) is 28.4 Å². The first-order valence-corrected chi connectivity index (χ1v) is 7.60. The van der Waals surface area contributed by atoms with Crippen LogP contribution in [0.25, 0.3) is 0 Å². The Labute approximate surface area is 145 Å². The summed E-state index contributed by atoms with van der Waals surface area (Å²) in [6.07, 6.45) is -0.0237. The zero-order valence-corrected chi connectivity index (χ0v) is 14.9. The molecule has 0 aliphatic rings. The Morgan fingerprint density at radius 2 is 1.60 bits per heavy atom. The molecule has 0 bridgehead atoms. The summed E-state index contributed by atoms with van der Waals surface area (Å²) < 4.78 is 20.9. The van der Waals surface area contributed by atoms with E-state index < -0.39 is 11.9 Å². The fourth-order valence-corrected chi connectivity index (χ4v) is 2.82. The first kappa shape index (κ1) is 18.4. The third kappa shape index (κ3) is 3.62.